The maximum absolute atomic E-state index is 11.5. The minimum absolute atomic E-state index is 0.476. The first-order valence-corrected chi connectivity index (χ1v) is 10.1. The number of aliphatic hydroxyl groups is 3. The molecule has 0 saturated carbocycles. The topological polar surface area (TPSA) is 220 Å². The lowest BCUT2D eigenvalue weighted by atomic mass is 10.1. The smallest absolute Gasteiger partial charge is 0.356 e. The standard InChI is InChI=1S/C10H25NO11P2/c1-6(8(14)23(15,16)17)22-9(24(18,19)20)7(2)21-5-10(11,3-12)4-13/h6-9,12-14H,3-5,11H2,1-2H3,(H2,15,16,17)(H2,18,19,20). The molecule has 4 atom stereocenters. The molecule has 146 valence electrons. The van der Waals surface area contributed by atoms with Crippen molar-refractivity contribution in [3.8, 4) is 0 Å². The molecule has 0 aliphatic rings. The van der Waals surface area contributed by atoms with E-state index in [9.17, 15) is 24.0 Å². The van der Waals surface area contributed by atoms with E-state index in [4.69, 9.17) is 35.2 Å². The van der Waals surface area contributed by atoms with Gasteiger partial charge in [0.1, 0.15) is 0 Å². The van der Waals surface area contributed by atoms with Crippen molar-refractivity contribution in [2.24, 2.45) is 5.73 Å². The maximum atomic E-state index is 11.5. The zero-order valence-corrected chi connectivity index (χ0v) is 15.0. The van der Waals surface area contributed by atoms with Crippen LogP contribution in [0.2, 0.25) is 0 Å². The van der Waals surface area contributed by atoms with Gasteiger partial charge >= 0.3 is 15.2 Å². The Morgan fingerprint density at radius 3 is 1.79 bits per heavy atom. The summed E-state index contributed by atoms with van der Waals surface area (Å²) in [4.78, 5) is 36.4. The molecule has 4 unspecified atom stereocenters. The summed E-state index contributed by atoms with van der Waals surface area (Å²) in [5, 5.41) is 27.5. The van der Waals surface area contributed by atoms with Crippen molar-refractivity contribution >= 4 is 15.2 Å². The molecule has 24 heavy (non-hydrogen) atoms. The highest BCUT2D eigenvalue weighted by molar-refractivity contribution is 7.52. The van der Waals surface area contributed by atoms with E-state index in [1.165, 1.54) is 6.92 Å². The molecule has 12 nitrogen and oxygen atoms in total. The molecule has 0 aromatic rings. The van der Waals surface area contributed by atoms with E-state index >= 15 is 0 Å². The molecular weight excluding hydrogens is 372 g/mol. The summed E-state index contributed by atoms with van der Waals surface area (Å²) in [5.74, 6) is -4.25. The molecule has 0 amide bonds. The van der Waals surface area contributed by atoms with E-state index < -0.39 is 64.4 Å². The number of hydrogen-bond acceptors (Lipinski definition) is 8. The number of hydrogen-bond donors (Lipinski definition) is 8. The largest absolute Gasteiger partial charge is 0.394 e. The molecule has 0 saturated heterocycles. The molecule has 0 bridgehead atoms. The van der Waals surface area contributed by atoms with E-state index in [1.54, 1.807) is 0 Å². The van der Waals surface area contributed by atoms with E-state index in [0.717, 1.165) is 6.92 Å². The van der Waals surface area contributed by atoms with Gasteiger partial charge in [-0.25, -0.2) is 0 Å². The van der Waals surface area contributed by atoms with Gasteiger partial charge in [0.15, 0.2) is 11.7 Å². The molecule has 9 N–H and O–H groups in total. The summed E-state index contributed by atoms with van der Waals surface area (Å²) in [6, 6.07) is 0. The van der Waals surface area contributed by atoms with Crippen molar-refractivity contribution in [1.82, 2.24) is 0 Å². The van der Waals surface area contributed by atoms with Gasteiger partial charge in [-0.1, -0.05) is 0 Å². The minimum atomic E-state index is -4.95. The normalized spacial score (nSPS) is 18.9. The Labute approximate surface area is 138 Å². The van der Waals surface area contributed by atoms with Crippen molar-refractivity contribution in [3.05, 3.63) is 0 Å². The molecule has 0 heterocycles. The maximum Gasteiger partial charge on any atom is 0.356 e. The van der Waals surface area contributed by atoms with Crippen LogP contribution in [0.5, 0.6) is 0 Å². The second-order valence-corrected chi connectivity index (χ2v) is 8.91. The predicted molar refractivity (Wildman–Crippen MR) is 80.9 cm³/mol. The van der Waals surface area contributed by atoms with Crippen LogP contribution in [0.1, 0.15) is 13.8 Å². The van der Waals surface area contributed by atoms with Gasteiger partial charge in [0.05, 0.1) is 37.6 Å². The van der Waals surface area contributed by atoms with Crippen LogP contribution in [-0.2, 0) is 18.6 Å². The van der Waals surface area contributed by atoms with Gasteiger partial charge in [-0.05, 0) is 13.8 Å². The Balaban J connectivity index is 5.09. The van der Waals surface area contributed by atoms with Crippen LogP contribution in [0.25, 0.3) is 0 Å². The van der Waals surface area contributed by atoms with Crippen molar-refractivity contribution in [1.29, 1.82) is 0 Å². The van der Waals surface area contributed by atoms with E-state index in [-0.39, 0.29) is 0 Å². The van der Waals surface area contributed by atoms with Gasteiger partial charge in [0.25, 0.3) is 0 Å². The van der Waals surface area contributed by atoms with Crippen LogP contribution in [0, 0.1) is 0 Å². The quantitative estimate of drug-likeness (QED) is 0.169. The highest BCUT2D eigenvalue weighted by Gasteiger charge is 2.42. The van der Waals surface area contributed by atoms with Gasteiger partial charge in [-0.2, -0.15) is 0 Å². The Morgan fingerprint density at radius 1 is 1.00 bits per heavy atom. The van der Waals surface area contributed by atoms with E-state index in [0.29, 0.717) is 0 Å². The average Bonchev–Trinajstić information content (AvgIpc) is 2.46. The van der Waals surface area contributed by atoms with Gasteiger partial charge in [0, 0.05) is 0 Å². The number of rotatable bonds is 11. The van der Waals surface area contributed by atoms with Crippen LogP contribution >= 0.6 is 15.2 Å². The third-order valence-corrected chi connectivity index (χ3v) is 5.43. The molecular formula is C10H25NO11P2. The molecule has 0 aromatic heterocycles. The van der Waals surface area contributed by atoms with Crippen LogP contribution in [0.4, 0.5) is 0 Å². The summed E-state index contributed by atoms with van der Waals surface area (Å²) >= 11 is 0. The van der Waals surface area contributed by atoms with Crippen LogP contribution < -0.4 is 5.73 Å². The lowest BCUT2D eigenvalue weighted by Crippen LogP contribution is -2.52. The van der Waals surface area contributed by atoms with Crippen LogP contribution in [0.3, 0.4) is 0 Å². The second kappa shape index (κ2) is 9.13. The highest BCUT2D eigenvalue weighted by Crippen LogP contribution is 2.47. The number of aliphatic hydroxyl groups excluding tert-OH is 3. The van der Waals surface area contributed by atoms with Gasteiger partial charge in [-0.3, -0.25) is 9.13 Å². The van der Waals surface area contributed by atoms with Crippen LogP contribution in [-0.4, -0.2) is 84.2 Å². The number of nitrogens with two attached hydrogens (primary N) is 1. The Kier molecular flexibility index (Phi) is 9.15. The molecule has 0 radical (unpaired) electrons. The first kappa shape index (κ1) is 24.1. The average molecular weight is 397 g/mol. The zero-order chi connectivity index (χ0) is 19.3. The molecule has 0 spiro atoms. The lowest BCUT2D eigenvalue weighted by molar-refractivity contribution is -0.0974. The Morgan fingerprint density at radius 2 is 1.46 bits per heavy atom. The Bertz CT molecular complexity index is 473. The third-order valence-electron chi connectivity index (χ3n) is 3.12. The van der Waals surface area contributed by atoms with Crippen molar-refractivity contribution in [3.63, 3.8) is 0 Å². The van der Waals surface area contributed by atoms with Crippen molar-refractivity contribution < 1.29 is 53.5 Å². The molecule has 0 rings (SSSR count). The van der Waals surface area contributed by atoms with Crippen molar-refractivity contribution in [2.75, 3.05) is 19.8 Å². The lowest BCUT2D eigenvalue weighted by Gasteiger charge is -2.32. The van der Waals surface area contributed by atoms with Crippen LogP contribution in [0.15, 0.2) is 0 Å². The molecule has 0 aliphatic carbocycles. The van der Waals surface area contributed by atoms with E-state index in [2.05, 4.69) is 0 Å². The summed E-state index contributed by atoms with van der Waals surface area (Å²) in [5.41, 5.74) is 4.01. The van der Waals surface area contributed by atoms with Crippen molar-refractivity contribution in [2.45, 2.75) is 43.3 Å². The molecule has 0 fully saturated rings. The number of ether oxygens (including phenoxy) is 2. The Hall–Kier alpha value is 0.0600. The fourth-order valence-electron chi connectivity index (χ4n) is 1.55. The summed E-state index contributed by atoms with van der Waals surface area (Å²) in [6.45, 7) is 0.412. The monoisotopic (exact) mass is 397 g/mol. The summed E-state index contributed by atoms with van der Waals surface area (Å²) in [7, 11) is -9.91. The SMILES string of the molecule is CC(OC(C(C)OCC(N)(CO)CO)P(=O)(O)O)C(O)P(=O)(O)O. The van der Waals surface area contributed by atoms with Gasteiger partial charge in [0.2, 0.25) is 0 Å². The summed E-state index contributed by atoms with van der Waals surface area (Å²) in [6.07, 6.45) is -2.95. The second-order valence-electron chi connectivity index (χ2n) is 5.52. The fraction of sp³-hybridized carbons (Fsp3) is 1.00. The summed E-state index contributed by atoms with van der Waals surface area (Å²) < 4.78 is 32.5. The zero-order valence-electron chi connectivity index (χ0n) is 13.2. The molecule has 0 aliphatic heterocycles. The first-order chi connectivity index (χ1) is 10.7. The first-order valence-electron chi connectivity index (χ1n) is 6.74. The fourth-order valence-corrected chi connectivity index (χ4v) is 3.15. The third kappa shape index (κ3) is 7.52. The van der Waals surface area contributed by atoms with Gasteiger partial charge < -0.3 is 50.1 Å². The highest BCUT2D eigenvalue weighted by atomic mass is 31.2. The molecule has 0 aromatic carbocycles. The molecule has 14 heteroatoms. The predicted octanol–water partition coefficient (Wildman–Crippen LogP) is -2.52. The minimum Gasteiger partial charge on any atom is -0.394 e. The van der Waals surface area contributed by atoms with Gasteiger partial charge in [-0.15, -0.1) is 0 Å². The van der Waals surface area contributed by atoms with E-state index in [1.807, 2.05) is 0 Å².